The van der Waals surface area contributed by atoms with Crippen LogP contribution in [0.1, 0.15) is 41.0 Å². The molecule has 0 aliphatic carbocycles. The van der Waals surface area contributed by atoms with E-state index in [4.69, 9.17) is 9.84 Å². The van der Waals surface area contributed by atoms with Crippen molar-refractivity contribution in [3.63, 3.8) is 0 Å². The Morgan fingerprint density at radius 3 is 2.54 bits per heavy atom. The van der Waals surface area contributed by atoms with Crippen LogP contribution in [-0.2, 0) is 13.0 Å². The van der Waals surface area contributed by atoms with Gasteiger partial charge in [0.15, 0.2) is 0 Å². The van der Waals surface area contributed by atoms with Crippen LogP contribution in [-0.4, -0.2) is 32.4 Å². The number of methoxy groups -OCH3 is 1. The summed E-state index contributed by atoms with van der Waals surface area (Å²) in [5, 5.41) is 8.17. The smallest absolute Gasteiger partial charge is 0.322 e. The molecule has 0 saturated carbocycles. The topological polar surface area (TPSA) is 64.3 Å². The highest BCUT2D eigenvalue weighted by Crippen LogP contribution is 2.39. The number of fused-ring (bicyclic) bond motifs is 3. The molecule has 2 aromatic heterocycles. The third kappa shape index (κ3) is 4.46. The van der Waals surface area contributed by atoms with E-state index in [9.17, 15) is 4.79 Å². The van der Waals surface area contributed by atoms with E-state index in [1.807, 2.05) is 83.2 Å². The van der Waals surface area contributed by atoms with Crippen LogP contribution in [0.2, 0.25) is 0 Å². The largest absolute Gasteiger partial charge is 0.497 e. The van der Waals surface area contributed by atoms with Crippen molar-refractivity contribution in [2.45, 2.75) is 32.9 Å². The molecule has 0 spiro atoms. The summed E-state index contributed by atoms with van der Waals surface area (Å²) in [6.45, 7) is 4.54. The molecule has 6 rings (SSSR count). The lowest BCUT2D eigenvalue weighted by molar-refractivity contribution is 0.194. The maximum Gasteiger partial charge on any atom is 0.322 e. The van der Waals surface area contributed by atoms with Crippen LogP contribution in [0.4, 0.5) is 10.5 Å². The number of hydrogen-bond acceptors (Lipinski definition) is 3. The van der Waals surface area contributed by atoms with Gasteiger partial charge in [0.1, 0.15) is 11.6 Å². The molecule has 0 saturated heterocycles. The Morgan fingerprint density at radius 2 is 1.79 bits per heavy atom. The van der Waals surface area contributed by atoms with Crippen LogP contribution < -0.4 is 10.1 Å². The zero-order chi connectivity index (χ0) is 26.9. The molecular formula is C32H31N5O2. The number of aromatic nitrogens is 3. The van der Waals surface area contributed by atoms with Crippen molar-refractivity contribution >= 4 is 11.7 Å². The van der Waals surface area contributed by atoms with Gasteiger partial charge in [-0.25, -0.2) is 9.48 Å². The van der Waals surface area contributed by atoms with Gasteiger partial charge in [-0.15, -0.1) is 0 Å². The Labute approximate surface area is 228 Å². The van der Waals surface area contributed by atoms with Crippen LogP contribution in [0.3, 0.4) is 0 Å². The SMILES string of the molecule is CCc1nn(-c2ccccc2)c2c1CN(C(=O)Nc1ccc(C)cc1)[C@H](c1cccc(OC)c1)c1cccn1-2. The van der Waals surface area contributed by atoms with Crippen LogP contribution in [0.5, 0.6) is 5.75 Å². The molecule has 3 aromatic carbocycles. The minimum absolute atomic E-state index is 0.179. The van der Waals surface area contributed by atoms with Gasteiger partial charge in [0.05, 0.1) is 36.8 Å². The van der Waals surface area contributed by atoms with Crippen molar-refractivity contribution in [2.75, 3.05) is 12.4 Å². The molecule has 1 N–H and O–H groups in total. The number of nitrogens with zero attached hydrogens (tertiary/aromatic N) is 4. The average molecular weight is 518 g/mol. The molecule has 7 heteroatoms. The summed E-state index contributed by atoms with van der Waals surface area (Å²) in [6.07, 6.45) is 2.80. The number of carbonyl (C=O) groups is 1. The molecule has 0 bridgehead atoms. The Bertz CT molecular complexity index is 1620. The van der Waals surface area contributed by atoms with Gasteiger partial charge in [0.25, 0.3) is 0 Å². The number of rotatable bonds is 5. The first-order chi connectivity index (χ1) is 19.1. The van der Waals surface area contributed by atoms with E-state index in [2.05, 4.69) is 47.3 Å². The molecule has 0 radical (unpaired) electrons. The predicted octanol–water partition coefficient (Wildman–Crippen LogP) is 6.68. The summed E-state index contributed by atoms with van der Waals surface area (Å²) < 4.78 is 9.75. The minimum Gasteiger partial charge on any atom is -0.497 e. The second kappa shape index (κ2) is 10.2. The zero-order valence-electron chi connectivity index (χ0n) is 22.3. The lowest BCUT2D eigenvalue weighted by Crippen LogP contribution is -2.38. The van der Waals surface area contributed by atoms with Crippen LogP contribution in [0.15, 0.2) is 97.2 Å². The molecule has 196 valence electrons. The summed E-state index contributed by atoms with van der Waals surface area (Å²) in [5.74, 6) is 1.70. The maximum atomic E-state index is 14.1. The van der Waals surface area contributed by atoms with E-state index in [1.165, 1.54) is 0 Å². The molecule has 1 atom stereocenters. The van der Waals surface area contributed by atoms with E-state index in [1.54, 1.807) is 7.11 Å². The van der Waals surface area contributed by atoms with Gasteiger partial charge in [-0.05, 0) is 67.4 Å². The number of amides is 2. The van der Waals surface area contributed by atoms with E-state index in [0.29, 0.717) is 6.54 Å². The molecule has 3 heterocycles. The standard InChI is InChI=1S/C32H31N5O2/c1-4-28-27-21-36(32(38)33-24-17-15-22(2)16-18-24)30(23-10-8-13-26(20-23)39-3)29-14-9-19-35(29)31(27)37(34-28)25-11-6-5-7-12-25/h5-20,30H,4,21H2,1-3H3,(H,33,38)/t30-/m1/s1. The van der Waals surface area contributed by atoms with Gasteiger partial charge in [-0.1, -0.05) is 55.0 Å². The first kappa shape index (κ1) is 24.6. The third-order valence-corrected chi connectivity index (χ3v) is 7.28. The van der Waals surface area contributed by atoms with Gasteiger partial charge in [0.2, 0.25) is 0 Å². The highest BCUT2D eigenvalue weighted by Gasteiger charge is 2.36. The number of hydrogen-bond donors (Lipinski definition) is 1. The van der Waals surface area contributed by atoms with Crippen molar-refractivity contribution in [1.29, 1.82) is 0 Å². The molecule has 1 aliphatic heterocycles. The minimum atomic E-state index is -0.359. The highest BCUT2D eigenvalue weighted by molar-refractivity contribution is 5.90. The Hall–Kier alpha value is -4.78. The van der Waals surface area contributed by atoms with Gasteiger partial charge in [-0.2, -0.15) is 5.10 Å². The van der Waals surface area contributed by atoms with Gasteiger partial charge in [-0.3, -0.25) is 0 Å². The second-order valence-corrected chi connectivity index (χ2v) is 9.76. The maximum absolute atomic E-state index is 14.1. The summed E-state index contributed by atoms with van der Waals surface area (Å²) in [6, 6.07) is 29.6. The molecule has 39 heavy (non-hydrogen) atoms. The third-order valence-electron chi connectivity index (χ3n) is 7.28. The predicted molar refractivity (Wildman–Crippen MR) is 153 cm³/mol. The quantitative estimate of drug-likeness (QED) is 0.283. The van der Waals surface area contributed by atoms with Crippen molar-refractivity contribution in [3.05, 3.63) is 125 Å². The van der Waals surface area contributed by atoms with Gasteiger partial charge in [0, 0.05) is 17.4 Å². The first-order valence-corrected chi connectivity index (χ1v) is 13.2. The fourth-order valence-corrected chi connectivity index (χ4v) is 5.34. The Kier molecular flexibility index (Phi) is 6.40. The Morgan fingerprint density at radius 1 is 1.00 bits per heavy atom. The summed E-state index contributed by atoms with van der Waals surface area (Å²) in [4.78, 5) is 16.0. The van der Waals surface area contributed by atoms with E-state index >= 15 is 0 Å². The molecule has 0 fully saturated rings. The average Bonchev–Trinajstić information content (AvgIpc) is 3.55. The molecule has 0 unspecified atom stereocenters. The van der Waals surface area contributed by atoms with Gasteiger partial charge >= 0.3 is 6.03 Å². The molecule has 2 amide bonds. The number of anilines is 1. The number of benzene rings is 3. The number of ether oxygens (including phenoxy) is 1. The van der Waals surface area contributed by atoms with Crippen molar-refractivity contribution in [3.8, 4) is 17.3 Å². The molecule has 7 nitrogen and oxygen atoms in total. The van der Waals surface area contributed by atoms with Crippen LogP contribution >= 0.6 is 0 Å². The van der Waals surface area contributed by atoms with E-state index in [0.717, 1.165) is 57.4 Å². The summed E-state index contributed by atoms with van der Waals surface area (Å²) >= 11 is 0. The fraction of sp³-hybridized carbons (Fsp3) is 0.188. The second-order valence-electron chi connectivity index (χ2n) is 9.76. The van der Waals surface area contributed by atoms with Gasteiger partial charge < -0.3 is 19.5 Å². The number of aryl methyl sites for hydroxylation is 2. The lowest BCUT2D eigenvalue weighted by Gasteiger charge is -2.31. The lowest BCUT2D eigenvalue weighted by atomic mass is 10.0. The van der Waals surface area contributed by atoms with Crippen LogP contribution in [0.25, 0.3) is 11.5 Å². The first-order valence-electron chi connectivity index (χ1n) is 13.2. The number of carbonyl (C=O) groups excluding carboxylic acids is 1. The molecular weight excluding hydrogens is 486 g/mol. The van der Waals surface area contributed by atoms with E-state index in [-0.39, 0.29) is 12.1 Å². The Balaban J connectivity index is 1.55. The highest BCUT2D eigenvalue weighted by atomic mass is 16.5. The molecule has 5 aromatic rings. The number of urea groups is 1. The van der Waals surface area contributed by atoms with Crippen LogP contribution in [0, 0.1) is 6.92 Å². The molecule has 1 aliphatic rings. The van der Waals surface area contributed by atoms with E-state index < -0.39 is 0 Å². The van der Waals surface area contributed by atoms with Crippen molar-refractivity contribution < 1.29 is 9.53 Å². The summed E-state index contributed by atoms with van der Waals surface area (Å²) in [7, 11) is 1.66. The fourth-order valence-electron chi connectivity index (χ4n) is 5.34. The van der Waals surface area contributed by atoms with Crippen molar-refractivity contribution in [2.24, 2.45) is 0 Å². The zero-order valence-corrected chi connectivity index (χ0v) is 22.3. The summed E-state index contributed by atoms with van der Waals surface area (Å²) in [5.41, 5.74) is 6.81. The number of nitrogens with one attached hydrogen (secondary N) is 1. The van der Waals surface area contributed by atoms with Crippen molar-refractivity contribution in [1.82, 2.24) is 19.2 Å². The number of para-hydroxylation sites is 1. The monoisotopic (exact) mass is 517 g/mol. The normalized spacial score (nSPS) is 14.3.